The summed E-state index contributed by atoms with van der Waals surface area (Å²) >= 11 is 0. The lowest BCUT2D eigenvalue weighted by Gasteiger charge is -2.07. The summed E-state index contributed by atoms with van der Waals surface area (Å²) in [5.74, 6) is -0.731. The van der Waals surface area contributed by atoms with E-state index in [0.717, 1.165) is 0 Å². The Balaban J connectivity index is 3.20. The van der Waals surface area contributed by atoms with E-state index < -0.39 is 11.9 Å². The lowest BCUT2D eigenvalue weighted by atomic mass is 10.0. The van der Waals surface area contributed by atoms with Crippen molar-refractivity contribution < 1.29 is 17.6 Å². The van der Waals surface area contributed by atoms with E-state index in [-0.39, 0.29) is 11.5 Å². The molecule has 1 aromatic heterocycles. The van der Waals surface area contributed by atoms with Crippen molar-refractivity contribution in [2.45, 2.75) is 32.9 Å². The maximum atomic E-state index is 12.3. The van der Waals surface area contributed by atoms with Gasteiger partial charge in [0.15, 0.2) is 0 Å². The first-order chi connectivity index (χ1) is 5.82. The highest BCUT2D eigenvalue weighted by atomic mass is 19.4. The Morgan fingerprint density at radius 2 is 1.85 bits per heavy atom. The summed E-state index contributed by atoms with van der Waals surface area (Å²) in [5.41, 5.74) is 0.227. The highest BCUT2D eigenvalue weighted by Gasteiger charge is 2.38. The van der Waals surface area contributed by atoms with Crippen LogP contribution in [0.15, 0.2) is 10.5 Å². The monoisotopic (exact) mass is 192 g/mol. The van der Waals surface area contributed by atoms with Gasteiger partial charge in [-0.15, -0.1) is 0 Å². The van der Waals surface area contributed by atoms with Crippen molar-refractivity contribution in [2.24, 2.45) is 0 Å². The van der Waals surface area contributed by atoms with E-state index in [1.807, 2.05) is 0 Å². The van der Waals surface area contributed by atoms with Crippen LogP contribution in [0.5, 0.6) is 0 Å². The molecule has 1 heterocycles. The van der Waals surface area contributed by atoms with Crippen LogP contribution >= 0.6 is 0 Å². The molecule has 0 aliphatic rings. The Kier molecular flexibility index (Phi) is 2.41. The number of rotatable bonds is 1. The third kappa shape index (κ3) is 2.05. The lowest BCUT2D eigenvalue weighted by Crippen LogP contribution is -2.07. The van der Waals surface area contributed by atoms with Crippen LogP contribution < -0.4 is 0 Å². The van der Waals surface area contributed by atoms with Crippen molar-refractivity contribution in [3.05, 3.63) is 23.2 Å². The van der Waals surface area contributed by atoms with Gasteiger partial charge in [0.2, 0.25) is 5.76 Å². The van der Waals surface area contributed by atoms with Crippen LogP contribution in [0.4, 0.5) is 13.2 Å². The molecule has 0 spiro atoms. The van der Waals surface area contributed by atoms with Gasteiger partial charge >= 0.3 is 6.18 Å². The predicted octanol–water partition coefficient (Wildman–Crippen LogP) is 3.73. The minimum atomic E-state index is -4.38. The zero-order valence-electron chi connectivity index (χ0n) is 7.70. The van der Waals surface area contributed by atoms with E-state index in [2.05, 4.69) is 4.42 Å². The molecule has 0 N–H and O–H groups in total. The molecule has 0 saturated carbocycles. The maximum Gasteiger partial charge on any atom is 0.449 e. The van der Waals surface area contributed by atoms with Crippen LogP contribution in [-0.4, -0.2) is 0 Å². The number of alkyl halides is 3. The van der Waals surface area contributed by atoms with Gasteiger partial charge in [-0.25, -0.2) is 0 Å². The van der Waals surface area contributed by atoms with Gasteiger partial charge in [0, 0.05) is 5.56 Å². The molecule has 0 radical (unpaired) electrons. The summed E-state index contributed by atoms with van der Waals surface area (Å²) in [6, 6.07) is 1.44. The van der Waals surface area contributed by atoms with Gasteiger partial charge in [0.25, 0.3) is 0 Å². The molecule has 0 fully saturated rings. The lowest BCUT2D eigenvalue weighted by molar-refractivity contribution is -0.154. The second-order valence-corrected chi connectivity index (χ2v) is 3.29. The van der Waals surface area contributed by atoms with Gasteiger partial charge in [-0.05, 0) is 18.9 Å². The molecule has 1 nitrogen and oxygen atoms in total. The van der Waals surface area contributed by atoms with E-state index in [4.69, 9.17) is 0 Å². The normalized spacial score (nSPS) is 12.5. The first-order valence-electron chi connectivity index (χ1n) is 4.00. The van der Waals surface area contributed by atoms with Crippen molar-refractivity contribution in [3.8, 4) is 0 Å². The largest absolute Gasteiger partial charge is 0.456 e. The number of aryl methyl sites for hydroxylation is 1. The van der Waals surface area contributed by atoms with E-state index in [0.29, 0.717) is 5.76 Å². The van der Waals surface area contributed by atoms with Crippen molar-refractivity contribution >= 4 is 0 Å². The minimum Gasteiger partial charge on any atom is -0.456 e. The van der Waals surface area contributed by atoms with E-state index >= 15 is 0 Å². The number of hydrogen-bond acceptors (Lipinski definition) is 1. The fourth-order valence-corrected chi connectivity index (χ4v) is 1.18. The molecular formula is C9H11F3O. The second kappa shape index (κ2) is 3.09. The molecule has 0 bridgehead atoms. The molecular weight excluding hydrogens is 181 g/mol. The average Bonchev–Trinajstić information content (AvgIpc) is 2.29. The first-order valence-corrected chi connectivity index (χ1v) is 4.00. The van der Waals surface area contributed by atoms with Crippen LogP contribution in [0.2, 0.25) is 0 Å². The number of furan rings is 1. The summed E-state index contributed by atoms with van der Waals surface area (Å²) < 4.78 is 41.6. The summed E-state index contributed by atoms with van der Waals surface area (Å²) in [5, 5.41) is 0. The fourth-order valence-electron chi connectivity index (χ4n) is 1.18. The molecule has 0 aliphatic heterocycles. The quantitative estimate of drug-likeness (QED) is 0.660. The van der Waals surface area contributed by atoms with Crippen LogP contribution in [0.25, 0.3) is 0 Å². The van der Waals surface area contributed by atoms with Crippen LogP contribution in [-0.2, 0) is 6.18 Å². The van der Waals surface area contributed by atoms with Crippen LogP contribution in [0, 0.1) is 6.92 Å². The van der Waals surface area contributed by atoms with Crippen molar-refractivity contribution in [2.75, 3.05) is 0 Å². The summed E-state index contributed by atoms with van der Waals surface area (Å²) in [6.45, 7) is 4.93. The zero-order valence-corrected chi connectivity index (χ0v) is 7.70. The summed E-state index contributed by atoms with van der Waals surface area (Å²) in [4.78, 5) is 0. The Labute approximate surface area is 74.5 Å². The Hall–Kier alpha value is -0.930. The van der Waals surface area contributed by atoms with Gasteiger partial charge in [0.05, 0.1) is 0 Å². The molecule has 1 aromatic rings. The second-order valence-electron chi connectivity index (χ2n) is 3.29. The van der Waals surface area contributed by atoms with Gasteiger partial charge in [-0.2, -0.15) is 13.2 Å². The van der Waals surface area contributed by atoms with Crippen molar-refractivity contribution in [1.82, 2.24) is 0 Å². The smallest absolute Gasteiger partial charge is 0.449 e. The minimum absolute atomic E-state index is 0.172. The molecule has 0 unspecified atom stereocenters. The molecule has 13 heavy (non-hydrogen) atoms. The van der Waals surface area contributed by atoms with Crippen molar-refractivity contribution in [3.63, 3.8) is 0 Å². The topological polar surface area (TPSA) is 13.1 Å². The van der Waals surface area contributed by atoms with E-state index in [1.165, 1.54) is 13.0 Å². The highest BCUT2D eigenvalue weighted by Crippen LogP contribution is 2.36. The number of hydrogen-bond donors (Lipinski definition) is 0. The van der Waals surface area contributed by atoms with Gasteiger partial charge in [0.1, 0.15) is 5.76 Å². The molecule has 0 aromatic carbocycles. The fraction of sp³-hybridized carbons (Fsp3) is 0.556. The molecule has 0 atom stereocenters. The average molecular weight is 192 g/mol. The van der Waals surface area contributed by atoms with Gasteiger partial charge in [-0.3, -0.25) is 0 Å². The highest BCUT2D eigenvalue weighted by molar-refractivity contribution is 5.26. The zero-order chi connectivity index (χ0) is 10.2. The first kappa shape index (κ1) is 10.2. The maximum absolute atomic E-state index is 12.3. The Bertz CT molecular complexity index is 296. The third-order valence-electron chi connectivity index (χ3n) is 1.76. The van der Waals surface area contributed by atoms with E-state index in [9.17, 15) is 13.2 Å². The van der Waals surface area contributed by atoms with Crippen LogP contribution in [0.3, 0.4) is 0 Å². The predicted molar refractivity (Wildman–Crippen MR) is 42.5 cm³/mol. The van der Waals surface area contributed by atoms with Crippen molar-refractivity contribution in [1.29, 1.82) is 0 Å². The molecule has 4 heteroatoms. The third-order valence-corrected chi connectivity index (χ3v) is 1.76. The number of halogens is 3. The molecule has 74 valence electrons. The summed E-state index contributed by atoms with van der Waals surface area (Å²) in [7, 11) is 0. The Morgan fingerprint density at radius 1 is 1.31 bits per heavy atom. The SMILES string of the molecule is Cc1cc(C(C)C)c(C(F)(F)F)o1. The standard InChI is InChI=1S/C9H11F3O/c1-5(2)7-4-6(3)13-8(7)9(10,11)12/h4-5H,1-3H3. The van der Waals surface area contributed by atoms with Gasteiger partial charge in [-0.1, -0.05) is 13.8 Å². The summed E-state index contributed by atoms with van der Waals surface area (Å²) in [6.07, 6.45) is -4.38. The molecule has 1 rings (SSSR count). The Morgan fingerprint density at radius 3 is 2.15 bits per heavy atom. The molecule has 0 saturated heterocycles. The van der Waals surface area contributed by atoms with Crippen LogP contribution in [0.1, 0.15) is 36.8 Å². The van der Waals surface area contributed by atoms with E-state index in [1.54, 1.807) is 13.8 Å². The molecule has 0 amide bonds. The van der Waals surface area contributed by atoms with Gasteiger partial charge < -0.3 is 4.42 Å². The molecule has 0 aliphatic carbocycles.